The number of halogens is 3. The topological polar surface area (TPSA) is 40.5 Å². The molecule has 1 aliphatic rings. The first-order chi connectivity index (χ1) is 8.87. The smallest absolute Gasteiger partial charge is 0.390 e. The standard InChI is InChI=1S/C13H14F3NO2/c14-13(15,16)5-7-17-6-1-2-9-8-10(12(18)19)3-4-11(9)17/h3-4,8H,1-2,5-7H2,(H,18,19). The van der Waals surface area contributed by atoms with Crippen molar-refractivity contribution in [3.8, 4) is 0 Å². The second-order valence-corrected chi connectivity index (χ2v) is 4.60. The summed E-state index contributed by atoms with van der Waals surface area (Å²) in [4.78, 5) is 12.5. The Labute approximate surface area is 108 Å². The molecule has 0 unspecified atom stereocenters. The Morgan fingerprint density at radius 2 is 2.11 bits per heavy atom. The molecule has 0 aliphatic carbocycles. The number of carboxylic acids is 1. The average Bonchev–Trinajstić information content (AvgIpc) is 2.34. The zero-order chi connectivity index (χ0) is 14.0. The highest BCUT2D eigenvalue weighted by atomic mass is 19.4. The van der Waals surface area contributed by atoms with Crippen LogP contribution in [0.25, 0.3) is 0 Å². The van der Waals surface area contributed by atoms with Crippen LogP contribution >= 0.6 is 0 Å². The van der Waals surface area contributed by atoms with E-state index in [-0.39, 0.29) is 12.1 Å². The quantitative estimate of drug-likeness (QED) is 0.920. The summed E-state index contributed by atoms with van der Waals surface area (Å²) in [6, 6.07) is 4.60. The van der Waals surface area contributed by atoms with E-state index in [4.69, 9.17) is 5.11 Å². The normalized spacial score (nSPS) is 15.2. The minimum atomic E-state index is -4.17. The van der Waals surface area contributed by atoms with Crippen LogP contribution in [0.15, 0.2) is 18.2 Å². The number of hydrogen-bond acceptors (Lipinski definition) is 2. The van der Waals surface area contributed by atoms with Crippen molar-refractivity contribution in [2.24, 2.45) is 0 Å². The van der Waals surface area contributed by atoms with Crippen LogP contribution in [0.1, 0.15) is 28.8 Å². The Hall–Kier alpha value is -1.72. The van der Waals surface area contributed by atoms with Gasteiger partial charge in [0.15, 0.2) is 0 Å². The van der Waals surface area contributed by atoms with Crippen molar-refractivity contribution in [3.63, 3.8) is 0 Å². The highest BCUT2D eigenvalue weighted by Crippen LogP contribution is 2.30. The van der Waals surface area contributed by atoms with Gasteiger partial charge in [-0.2, -0.15) is 13.2 Å². The average molecular weight is 273 g/mol. The number of rotatable bonds is 3. The van der Waals surface area contributed by atoms with Crippen LogP contribution in [-0.4, -0.2) is 30.3 Å². The van der Waals surface area contributed by atoms with Crippen LogP contribution in [0.4, 0.5) is 18.9 Å². The molecule has 1 heterocycles. The van der Waals surface area contributed by atoms with Gasteiger partial charge in [-0.05, 0) is 36.6 Å². The molecule has 0 atom stereocenters. The van der Waals surface area contributed by atoms with Gasteiger partial charge in [0, 0.05) is 18.8 Å². The lowest BCUT2D eigenvalue weighted by atomic mass is 9.99. The van der Waals surface area contributed by atoms with Gasteiger partial charge < -0.3 is 10.0 Å². The number of aromatic carboxylic acids is 1. The summed E-state index contributed by atoms with van der Waals surface area (Å²) < 4.78 is 36.8. The molecule has 0 amide bonds. The Morgan fingerprint density at radius 1 is 1.37 bits per heavy atom. The van der Waals surface area contributed by atoms with Crippen molar-refractivity contribution in [1.82, 2.24) is 0 Å². The second-order valence-electron chi connectivity index (χ2n) is 4.60. The van der Waals surface area contributed by atoms with Crippen molar-refractivity contribution < 1.29 is 23.1 Å². The number of benzene rings is 1. The molecule has 6 heteroatoms. The van der Waals surface area contributed by atoms with Crippen molar-refractivity contribution in [1.29, 1.82) is 0 Å². The van der Waals surface area contributed by atoms with Crippen molar-refractivity contribution in [2.45, 2.75) is 25.4 Å². The number of nitrogens with zero attached hydrogens (tertiary/aromatic N) is 1. The maximum absolute atomic E-state index is 12.3. The molecule has 0 bridgehead atoms. The number of hydrogen-bond donors (Lipinski definition) is 1. The predicted molar refractivity (Wildman–Crippen MR) is 64.6 cm³/mol. The van der Waals surface area contributed by atoms with Crippen LogP contribution in [0.2, 0.25) is 0 Å². The molecule has 0 saturated heterocycles. The summed E-state index contributed by atoms with van der Waals surface area (Å²) in [5, 5.41) is 8.90. The first kappa shape index (κ1) is 13.7. The van der Waals surface area contributed by atoms with E-state index in [1.54, 1.807) is 17.0 Å². The Balaban J connectivity index is 2.18. The second kappa shape index (κ2) is 5.11. The Morgan fingerprint density at radius 3 is 2.74 bits per heavy atom. The first-order valence-electron chi connectivity index (χ1n) is 6.05. The third-order valence-electron chi connectivity index (χ3n) is 3.21. The third-order valence-corrected chi connectivity index (χ3v) is 3.21. The number of fused-ring (bicyclic) bond motifs is 1. The van der Waals surface area contributed by atoms with Gasteiger partial charge >= 0.3 is 12.1 Å². The number of aryl methyl sites for hydroxylation is 1. The van der Waals surface area contributed by atoms with E-state index in [0.29, 0.717) is 13.0 Å². The van der Waals surface area contributed by atoms with Gasteiger partial charge in [-0.1, -0.05) is 0 Å². The van der Waals surface area contributed by atoms with Crippen molar-refractivity contribution >= 4 is 11.7 Å². The molecule has 1 N–H and O–H groups in total. The Kier molecular flexibility index (Phi) is 3.68. The van der Waals surface area contributed by atoms with Crippen LogP contribution in [0.3, 0.4) is 0 Å². The Bertz CT molecular complexity index is 485. The number of alkyl halides is 3. The van der Waals surface area contributed by atoms with Gasteiger partial charge in [-0.3, -0.25) is 0 Å². The van der Waals surface area contributed by atoms with Crippen molar-refractivity contribution in [3.05, 3.63) is 29.3 Å². The van der Waals surface area contributed by atoms with E-state index < -0.39 is 18.6 Å². The summed E-state index contributed by atoms with van der Waals surface area (Å²) in [5.41, 5.74) is 1.71. The van der Waals surface area contributed by atoms with E-state index in [9.17, 15) is 18.0 Å². The van der Waals surface area contributed by atoms with Crippen molar-refractivity contribution in [2.75, 3.05) is 18.0 Å². The molecule has 0 radical (unpaired) electrons. The van der Waals surface area contributed by atoms with E-state index in [2.05, 4.69) is 0 Å². The molecule has 104 valence electrons. The zero-order valence-electron chi connectivity index (χ0n) is 10.2. The molecule has 0 fully saturated rings. The predicted octanol–water partition coefficient (Wildman–Crippen LogP) is 3.09. The molecule has 0 spiro atoms. The van der Waals surface area contributed by atoms with Crippen LogP contribution in [-0.2, 0) is 6.42 Å². The van der Waals surface area contributed by atoms with Gasteiger partial charge in [0.05, 0.1) is 12.0 Å². The lowest BCUT2D eigenvalue weighted by Crippen LogP contribution is -2.32. The fourth-order valence-electron chi connectivity index (χ4n) is 2.30. The largest absolute Gasteiger partial charge is 0.478 e. The van der Waals surface area contributed by atoms with Crippen LogP contribution < -0.4 is 4.90 Å². The summed E-state index contributed by atoms with van der Waals surface area (Å²) >= 11 is 0. The van der Waals surface area contributed by atoms with Gasteiger partial charge in [0.25, 0.3) is 0 Å². The molecular formula is C13H14F3NO2. The molecule has 1 aliphatic heterocycles. The summed E-state index contributed by atoms with van der Waals surface area (Å²) in [7, 11) is 0. The molecule has 1 aromatic rings. The summed E-state index contributed by atoms with van der Waals surface area (Å²) in [6.45, 7) is 0.498. The van der Waals surface area contributed by atoms with E-state index in [0.717, 1.165) is 17.7 Å². The van der Waals surface area contributed by atoms with E-state index in [1.165, 1.54) is 6.07 Å². The molecule has 0 aromatic heterocycles. The lowest BCUT2D eigenvalue weighted by molar-refractivity contribution is -0.132. The lowest BCUT2D eigenvalue weighted by Gasteiger charge is -2.31. The van der Waals surface area contributed by atoms with Gasteiger partial charge in [0.2, 0.25) is 0 Å². The van der Waals surface area contributed by atoms with E-state index >= 15 is 0 Å². The SMILES string of the molecule is O=C(O)c1ccc2c(c1)CCCN2CCC(F)(F)F. The zero-order valence-corrected chi connectivity index (χ0v) is 10.2. The first-order valence-corrected chi connectivity index (χ1v) is 6.05. The highest BCUT2D eigenvalue weighted by molar-refractivity contribution is 5.88. The fraction of sp³-hybridized carbons (Fsp3) is 0.462. The number of carboxylic acid groups (broad SMARTS) is 1. The minimum absolute atomic E-state index is 0.0804. The van der Waals surface area contributed by atoms with Gasteiger partial charge in [0.1, 0.15) is 0 Å². The minimum Gasteiger partial charge on any atom is -0.478 e. The fourth-order valence-corrected chi connectivity index (χ4v) is 2.30. The highest BCUT2D eigenvalue weighted by Gasteiger charge is 2.29. The maximum atomic E-state index is 12.3. The third kappa shape index (κ3) is 3.39. The molecule has 19 heavy (non-hydrogen) atoms. The molecule has 1 aromatic carbocycles. The molecule has 3 nitrogen and oxygen atoms in total. The molecular weight excluding hydrogens is 259 g/mol. The van der Waals surface area contributed by atoms with Crippen LogP contribution in [0.5, 0.6) is 0 Å². The molecule has 0 saturated carbocycles. The number of carbonyl (C=O) groups is 1. The van der Waals surface area contributed by atoms with Gasteiger partial charge in [-0.25, -0.2) is 4.79 Å². The monoisotopic (exact) mass is 273 g/mol. The van der Waals surface area contributed by atoms with Crippen LogP contribution in [0, 0.1) is 0 Å². The summed E-state index contributed by atoms with van der Waals surface area (Å²) in [5.74, 6) is -1.02. The summed E-state index contributed by atoms with van der Waals surface area (Å²) in [6.07, 6.45) is -3.57. The van der Waals surface area contributed by atoms with E-state index in [1.807, 2.05) is 0 Å². The maximum Gasteiger partial charge on any atom is 0.390 e. The molecule has 2 rings (SSSR count). The number of anilines is 1. The van der Waals surface area contributed by atoms with Gasteiger partial charge in [-0.15, -0.1) is 0 Å².